The largest absolute Gasteiger partial charge is 0.497 e. The van der Waals surface area contributed by atoms with Crippen molar-refractivity contribution in [2.75, 3.05) is 7.11 Å². The van der Waals surface area contributed by atoms with E-state index in [2.05, 4.69) is 11.4 Å². The second-order valence-corrected chi connectivity index (χ2v) is 8.55. The molecule has 0 spiro atoms. The summed E-state index contributed by atoms with van der Waals surface area (Å²) >= 11 is 0. The average molecular weight is 420 g/mol. The molecular weight excluding hydrogens is 390 g/mol. The van der Waals surface area contributed by atoms with Gasteiger partial charge in [0.05, 0.1) is 13.2 Å². The van der Waals surface area contributed by atoms with Crippen LogP contribution in [-0.2, 0) is 4.79 Å². The zero-order valence-corrected chi connectivity index (χ0v) is 18.5. The van der Waals surface area contributed by atoms with Gasteiger partial charge in [0.25, 0.3) is 5.91 Å². The van der Waals surface area contributed by atoms with E-state index in [-0.39, 0.29) is 17.6 Å². The number of amides is 1. The minimum atomic E-state index is -0.582. The first kappa shape index (κ1) is 21.0. The summed E-state index contributed by atoms with van der Waals surface area (Å²) in [5.41, 5.74) is 0.535. The summed E-state index contributed by atoms with van der Waals surface area (Å²) in [5.74, 6) is 2.06. The van der Waals surface area contributed by atoms with Crippen LogP contribution in [0.15, 0.2) is 60.7 Å². The van der Waals surface area contributed by atoms with E-state index >= 15 is 0 Å². The van der Waals surface area contributed by atoms with Crippen LogP contribution in [0.2, 0.25) is 0 Å². The van der Waals surface area contributed by atoms with Crippen LogP contribution < -0.4 is 19.5 Å². The third-order valence-electron chi connectivity index (χ3n) is 5.65. The van der Waals surface area contributed by atoms with Crippen LogP contribution in [0.5, 0.6) is 17.2 Å². The molecule has 0 saturated carbocycles. The van der Waals surface area contributed by atoms with Crippen molar-refractivity contribution in [3.8, 4) is 17.2 Å². The fraction of sp³-hybridized carbons (Fsp3) is 0.346. The normalized spacial score (nSPS) is 17.9. The number of ether oxygens (including phenoxy) is 3. The van der Waals surface area contributed by atoms with E-state index in [0.717, 1.165) is 27.8 Å². The number of carbonyl (C=O) groups is 1. The molecule has 5 heteroatoms. The SMILES string of the molecule is CCC(Oc1ccc2ccccc2c1)C(=O)NC1CC(C)(C)Oc2ccc(OC)cc21. The molecule has 0 aliphatic carbocycles. The van der Waals surface area contributed by atoms with Crippen molar-refractivity contribution in [3.63, 3.8) is 0 Å². The Hall–Kier alpha value is -3.21. The zero-order chi connectivity index (χ0) is 22.0. The summed E-state index contributed by atoms with van der Waals surface area (Å²) in [5, 5.41) is 5.42. The highest BCUT2D eigenvalue weighted by Crippen LogP contribution is 2.41. The van der Waals surface area contributed by atoms with Crippen molar-refractivity contribution in [2.24, 2.45) is 0 Å². The second kappa shape index (κ2) is 8.50. The smallest absolute Gasteiger partial charge is 0.261 e. The minimum Gasteiger partial charge on any atom is -0.497 e. The van der Waals surface area contributed by atoms with Gasteiger partial charge in [0.2, 0.25) is 0 Å². The molecule has 2 atom stereocenters. The number of methoxy groups -OCH3 is 1. The molecule has 2 unspecified atom stereocenters. The Bertz CT molecular complexity index is 1090. The van der Waals surface area contributed by atoms with E-state index in [9.17, 15) is 4.79 Å². The van der Waals surface area contributed by atoms with Crippen LogP contribution in [0, 0.1) is 0 Å². The minimum absolute atomic E-state index is 0.132. The monoisotopic (exact) mass is 419 g/mol. The highest BCUT2D eigenvalue weighted by atomic mass is 16.5. The maximum absolute atomic E-state index is 13.2. The first-order valence-electron chi connectivity index (χ1n) is 10.7. The maximum atomic E-state index is 13.2. The molecule has 1 N–H and O–H groups in total. The summed E-state index contributed by atoms with van der Waals surface area (Å²) in [7, 11) is 1.63. The molecule has 3 aromatic rings. The van der Waals surface area contributed by atoms with Gasteiger partial charge in [-0.25, -0.2) is 0 Å². The standard InChI is InChI=1S/C26H29NO4/c1-5-23(30-20-11-10-17-8-6-7-9-18(17)14-20)25(28)27-22-16-26(2,3)31-24-13-12-19(29-4)15-21(22)24/h6-15,22-23H,5,16H2,1-4H3,(H,27,28). The Morgan fingerprint density at radius 3 is 2.58 bits per heavy atom. The lowest BCUT2D eigenvalue weighted by Gasteiger charge is -2.38. The molecule has 1 aliphatic rings. The van der Waals surface area contributed by atoms with E-state index in [1.165, 1.54) is 0 Å². The number of rotatable bonds is 6. The molecule has 0 aromatic heterocycles. The Morgan fingerprint density at radius 1 is 1.10 bits per heavy atom. The zero-order valence-electron chi connectivity index (χ0n) is 18.5. The van der Waals surface area contributed by atoms with Gasteiger partial charge in [0, 0.05) is 12.0 Å². The Labute approximate surface area is 183 Å². The Kier molecular flexibility index (Phi) is 5.77. The maximum Gasteiger partial charge on any atom is 0.261 e. The third-order valence-corrected chi connectivity index (χ3v) is 5.65. The van der Waals surface area contributed by atoms with E-state index < -0.39 is 6.10 Å². The van der Waals surface area contributed by atoms with Crippen LogP contribution in [0.1, 0.15) is 45.2 Å². The van der Waals surface area contributed by atoms with Gasteiger partial charge in [-0.05, 0) is 61.4 Å². The molecule has 0 bridgehead atoms. The lowest BCUT2D eigenvalue weighted by atomic mass is 9.89. The Morgan fingerprint density at radius 2 is 1.84 bits per heavy atom. The summed E-state index contributed by atoms with van der Waals surface area (Å²) < 4.78 is 17.6. The first-order valence-corrected chi connectivity index (χ1v) is 10.7. The summed E-state index contributed by atoms with van der Waals surface area (Å²) in [6.45, 7) is 6.01. The van der Waals surface area contributed by atoms with Crippen molar-refractivity contribution in [2.45, 2.75) is 51.4 Å². The molecule has 1 heterocycles. The fourth-order valence-electron chi connectivity index (χ4n) is 4.08. The number of benzene rings is 3. The van der Waals surface area contributed by atoms with Crippen LogP contribution >= 0.6 is 0 Å². The summed E-state index contributed by atoms with van der Waals surface area (Å²) in [6.07, 6.45) is 0.642. The van der Waals surface area contributed by atoms with Gasteiger partial charge in [-0.15, -0.1) is 0 Å². The van der Waals surface area contributed by atoms with Gasteiger partial charge < -0.3 is 19.5 Å². The van der Waals surface area contributed by atoms with Crippen LogP contribution in [0.25, 0.3) is 10.8 Å². The van der Waals surface area contributed by atoms with Crippen LogP contribution in [0.4, 0.5) is 0 Å². The van der Waals surface area contributed by atoms with Crippen molar-refractivity contribution in [3.05, 3.63) is 66.2 Å². The molecule has 3 aromatic carbocycles. The highest BCUT2D eigenvalue weighted by Gasteiger charge is 2.36. The molecule has 0 radical (unpaired) electrons. The van der Waals surface area contributed by atoms with Gasteiger partial charge in [-0.2, -0.15) is 0 Å². The van der Waals surface area contributed by atoms with E-state index in [4.69, 9.17) is 14.2 Å². The lowest BCUT2D eigenvalue weighted by Crippen LogP contribution is -2.45. The van der Waals surface area contributed by atoms with Crippen molar-refractivity contribution >= 4 is 16.7 Å². The van der Waals surface area contributed by atoms with Gasteiger partial charge in [0.15, 0.2) is 6.10 Å². The molecule has 31 heavy (non-hydrogen) atoms. The molecular formula is C26H29NO4. The number of fused-ring (bicyclic) bond motifs is 2. The highest BCUT2D eigenvalue weighted by molar-refractivity contribution is 5.84. The van der Waals surface area contributed by atoms with Gasteiger partial charge in [-0.3, -0.25) is 4.79 Å². The lowest BCUT2D eigenvalue weighted by molar-refractivity contribution is -0.129. The number of carbonyl (C=O) groups excluding carboxylic acids is 1. The molecule has 0 saturated heterocycles. The van der Waals surface area contributed by atoms with Crippen molar-refractivity contribution in [1.82, 2.24) is 5.32 Å². The molecule has 5 nitrogen and oxygen atoms in total. The van der Waals surface area contributed by atoms with Crippen molar-refractivity contribution < 1.29 is 19.0 Å². The van der Waals surface area contributed by atoms with E-state index in [0.29, 0.717) is 18.6 Å². The third kappa shape index (κ3) is 4.61. The quantitative estimate of drug-likeness (QED) is 0.579. The second-order valence-electron chi connectivity index (χ2n) is 8.55. The van der Waals surface area contributed by atoms with Gasteiger partial charge in [-0.1, -0.05) is 37.3 Å². The molecule has 0 fully saturated rings. The predicted molar refractivity (Wildman–Crippen MR) is 122 cm³/mol. The summed E-state index contributed by atoms with van der Waals surface area (Å²) in [6, 6.07) is 19.5. The average Bonchev–Trinajstić information content (AvgIpc) is 2.76. The predicted octanol–water partition coefficient (Wildman–Crippen LogP) is 5.42. The van der Waals surface area contributed by atoms with Gasteiger partial charge >= 0.3 is 0 Å². The fourth-order valence-corrected chi connectivity index (χ4v) is 4.08. The van der Waals surface area contributed by atoms with E-state index in [1.54, 1.807) is 7.11 Å². The molecule has 162 valence electrons. The molecule has 1 amide bonds. The van der Waals surface area contributed by atoms with E-state index in [1.807, 2.05) is 75.4 Å². The summed E-state index contributed by atoms with van der Waals surface area (Å²) in [4.78, 5) is 13.2. The topological polar surface area (TPSA) is 56.8 Å². The van der Waals surface area contributed by atoms with Crippen molar-refractivity contribution in [1.29, 1.82) is 0 Å². The van der Waals surface area contributed by atoms with Crippen LogP contribution in [0.3, 0.4) is 0 Å². The Balaban J connectivity index is 1.54. The number of hydrogen-bond donors (Lipinski definition) is 1. The van der Waals surface area contributed by atoms with Crippen LogP contribution in [-0.4, -0.2) is 24.7 Å². The number of hydrogen-bond acceptors (Lipinski definition) is 4. The first-order chi connectivity index (χ1) is 14.9. The molecule has 1 aliphatic heterocycles. The van der Waals surface area contributed by atoms with Gasteiger partial charge in [0.1, 0.15) is 22.8 Å². The number of nitrogens with one attached hydrogen (secondary N) is 1. The molecule has 4 rings (SSSR count).